The zero-order chi connectivity index (χ0) is 8.27. The molecule has 1 saturated heterocycles. The van der Waals surface area contributed by atoms with Gasteiger partial charge in [-0.25, -0.2) is 0 Å². The third-order valence-electron chi connectivity index (χ3n) is 1.70. The molecule has 0 aromatic carbocycles. The summed E-state index contributed by atoms with van der Waals surface area (Å²) in [7, 11) is 0. The third kappa shape index (κ3) is 2.37. The molecule has 0 radical (unpaired) electrons. The number of rotatable bonds is 2. The predicted octanol–water partition coefficient (Wildman–Crippen LogP) is -0.602. The molecule has 4 nitrogen and oxygen atoms in total. The van der Waals surface area contributed by atoms with E-state index in [1.54, 1.807) is 0 Å². The van der Waals surface area contributed by atoms with E-state index in [0.717, 1.165) is 0 Å². The minimum atomic E-state index is -0.856. The minimum absolute atomic E-state index is 0.0369. The number of aliphatic hydroxyl groups excluding tert-OH is 2. The average molecular weight is 166 g/mol. The predicted molar refractivity (Wildman–Crippen MR) is 33.4 cm³/mol. The second-order valence-corrected chi connectivity index (χ2v) is 2.60. The Hall–Kier alpha value is -0.230. The van der Waals surface area contributed by atoms with Crippen molar-refractivity contribution in [2.24, 2.45) is 0 Å². The molecule has 66 valence electrons. The van der Waals surface area contributed by atoms with Crippen LogP contribution in [0.5, 0.6) is 0 Å². The van der Waals surface area contributed by atoms with Gasteiger partial charge in [0.1, 0.15) is 12.7 Å². The Morgan fingerprint density at radius 1 is 1.45 bits per heavy atom. The first-order valence-electron chi connectivity index (χ1n) is 3.45. The molecule has 3 unspecified atom stereocenters. The number of hydrogen-bond acceptors (Lipinski definition) is 4. The topological polar surface area (TPSA) is 58.9 Å². The van der Waals surface area contributed by atoms with Gasteiger partial charge in [0, 0.05) is 6.42 Å². The van der Waals surface area contributed by atoms with Crippen LogP contribution in [0.3, 0.4) is 0 Å². The lowest BCUT2D eigenvalue weighted by Gasteiger charge is -2.29. The number of hydrogen-bond donors (Lipinski definition) is 2. The second-order valence-electron chi connectivity index (χ2n) is 2.60. The second kappa shape index (κ2) is 3.96. The van der Waals surface area contributed by atoms with Crippen molar-refractivity contribution < 1.29 is 24.4 Å². The van der Waals surface area contributed by atoms with Crippen LogP contribution in [0.15, 0.2) is 0 Å². The standard InChI is InChI=1S/C6H11FO4/c7-11-2-4-1-5(8)6(9)3-10-4/h4-6,8-9H,1-3H2. The molecule has 0 saturated carbocycles. The summed E-state index contributed by atoms with van der Waals surface area (Å²) in [6.07, 6.45) is -1.92. The van der Waals surface area contributed by atoms with Gasteiger partial charge in [0.2, 0.25) is 0 Å². The highest BCUT2D eigenvalue weighted by molar-refractivity contribution is 4.76. The van der Waals surface area contributed by atoms with Crippen molar-refractivity contribution in [1.29, 1.82) is 0 Å². The van der Waals surface area contributed by atoms with Gasteiger partial charge in [0.25, 0.3) is 0 Å². The molecule has 0 amide bonds. The molecule has 1 aliphatic rings. The maximum absolute atomic E-state index is 11.3. The fourth-order valence-corrected chi connectivity index (χ4v) is 1.03. The highest BCUT2D eigenvalue weighted by atomic mass is 19.3. The molecule has 0 aromatic rings. The van der Waals surface area contributed by atoms with Crippen LogP contribution in [0.2, 0.25) is 0 Å². The molecule has 0 aliphatic carbocycles. The molecule has 5 heteroatoms. The highest BCUT2D eigenvalue weighted by Gasteiger charge is 2.28. The molecule has 0 aromatic heterocycles. The Labute approximate surface area is 63.4 Å². The van der Waals surface area contributed by atoms with E-state index in [-0.39, 0.29) is 19.6 Å². The zero-order valence-corrected chi connectivity index (χ0v) is 5.94. The summed E-state index contributed by atoms with van der Waals surface area (Å²) < 4.78 is 16.2. The third-order valence-corrected chi connectivity index (χ3v) is 1.70. The van der Waals surface area contributed by atoms with Crippen molar-refractivity contribution in [3.63, 3.8) is 0 Å². The molecule has 0 bridgehead atoms. The summed E-state index contributed by atoms with van der Waals surface area (Å²) in [6.45, 7) is -0.154. The van der Waals surface area contributed by atoms with Crippen LogP contribution in [0.1, 0.15) is 6.42 Å². The maximum Gasteiger partial charge on any atom is 0.114 e. The van der Waals surface area contributed by atoms with E-state index < -0.39 is 18.3 Å². The first-order chi connectivity index (χ1) is 5.24. The SMILES string of the molecule is OC1COC(COF)CC1O. The molecule has 2 N–H and O–H groups in total. The van der Waals surface area contributed by atoms with Crippen LogP contribution in [0, 0.1) is 0 Å². The van der Waals surface area contributed by atoms with Gasteiger partial charge in [0.05, 0.1) is 18.8 Å². The van der Waals surface area contributed by atoms with Gasteiger partial charge < -0.3 is 14.9 Å². The molecular weight excluding hydrogens is 155 g/mol. The van der Waals surface area contributed by atoms with Crippen LogP contribution < -0.4 is 0 Å². The van der Waals surface area contributed by atoms with Gasteiger partial charge in [-0.2, -0.15) is 4.94 Å². The van der Waals surface area contributed by atoms with Gasteiger partial charge >= 0.3 is 0 Å². The summed E-state index contributed by atoms with van der Waals surface area (Å²) in [6, 6.07) is 0. The molecule has 11 heavy (non-hydrogen) atoms. The van der Waals surface area contributed by atoms with Gasteiger partial charge in [-0.3, -0.25) is 0 Å². The van der Waals surface area contributed by atoms with Crippen LogP contribution in [-0.4, -0.2) is 41.7 Å². The highest BCUT2D eigenvalue weighted by Crippen LogP contribution is 2.14. The number of halogens is 1. The number of aliphatic hydroxyl groups is 2. The molecular formula is C6H11FO4. The Morgan fingerprint density at radius 2 is 2.18 bits per heavy atom. The van der Waals surface area contributed by atoms with Crippen LogP contribution in [0.4, 0.5) is 4.53 Å². The van der Waals surface area contributed by atoms with Gasteiger partial charge in [-0.15, -0.1) is 0 Å². The first kappa shape index (κ1) is 8.86. The molecule has 1 rings (SSSR count). The zero-order valence-electron chi connectivity index (χ0n) is 5.94. The summed E-state index contributed by atoms with van der Waals surface area (Å²) in [4.78, 5) is 3.35. The summed E-state index contributed by atoms with van der Waals surface area (Å²) in [5, 5.41) is 18.0. The Morgan fingerprint density at radius 3 is 2.73 bits per heavy atom. The van der Waals surface area contributed by atoms with E-state index in [4.69, 9.17) is 14.9 Å². The number of ether oxygens (including phenoxy) is 1. The molecule has 0 spiro atoms. The van der Waals surface area contributed by atoms with E-state index in [2.05, 4.69) is 4.94 Å². The van der Waals surface area contributed by atoms with E-state index in [1.807, 2.05) is 0 Å². The smallest absolute Gasteiger partial charge is 0.114 e. The summed E-state index contributed by atoms with van der Waals surface area (Å²) in [5.74, 6) is 0. The molecule has 1 heterocycles. The normalized spacial score (nSPS) is 39.0. The quantitative estimate of drug-likeness (QED) is 0.575. The average Bonchev–Trinajstić information content (AvgIpc) is 1.98. The van der Waals surface area contributed by atoms with Gasteiger partial charge in [-0.1, -0.05) is 0 Å². The lowest BCUT2D eigenvalue weighted by atomic mass is 10.0. The Bertz CT molecular complexity index is 121. The summed E-state index contributed by atoms with van der Waals surface area (Å²) in [5.41, 5.74) is 0. The lowest BCUT2D eigenvalue weighted by molar-refractivity contribution is -0.196. The fourth-order valence-electron chi connectivity index (χ4n) is 1.03. The van der Waals surface area contributed by atoms with E-state index in [1.165, 1.54) is 0 Å². The fraction of sp³-hybridized carbons (Fsp3) is 1.00. The maximum atomic E-state index is 11.3. The van der Waals surface area contributed by atoms with Crippen LogP contribution in [0.25, 0.3) is 0 Å². The van der Waals surface area contributed by atoms with Crippen molar-refractivity contribution in [3.8, 4) is 0 Å². The lowest BCUT2D eigenvalue weighted by Crippen LogP contribution is -2.42. The monoisotopic (exact) mass is 166 g/mol. The van der Waals surface area contributed by atoms with Crippen LogP contribution in [-0.2, 0) is 9.68 Å². The first-order valence-corrected chi connectivity index (χ1v) is 3.45. The molecule has 1 fully saturated rings. The van der Waals surface area contributed by atoms with E-state index in [0.29, 0.717) is 0 Å². The van der Waals surface area contributed by atoms with Crippen molar-refractivity contribution in [3.05, 3.63) is 0 Å². The Balaban J connectivity index is 2.28. The van der Waals surface area contributed by atoms with Crippen LogP contribution >= 0.6 is 0 Å². The van der Waals surface area contributed by atoms with E-state index >= 15 is 0 Å². The molecule has 3 atom stereocenters. The van der Waals surface area contributed by atoms with Crippen molar-refractivity contribution >= 4 is 0 Å². The van der Waals surface area contributed by atoms with Crippen molar-refractivity contribution in [1.82, 2.24) is 0 Å². The van der Waals surface area contributed by atoms with Crippen molar-refractivity contribution in [2.75, 3.05) is 13.2 Å². The van der Waals surface area contributed by atoms with Gasteiger partial charge in [-0.05, 0) is 4.53 Å². The van der Waals surface area contributed by atoms with Crippen molar-refractivity contribution in [2.45, 2.75) is 24.7 Å². The molecule has 1 aliphatic heterocycles. The minimum Gasteiger partial charge on any atom is -0.390 e. The van der Waals surface area contributed by atoms with E-state index in [9.17, 15) is 4.53 Å². The Kier molecular flexibility index (Phi) is 3.19. The largest absolute Gasteiger partial charge is 0.390 e. The summed E-state index contributed by atoms with van der Waals surface area (Å²) >= 11 is 0. The van der Waals surface area contributed by atoms with Gasteiger partial charge in [0.15, 0.2) is 0 Å².